The highest BCUT2D eigenvalue weighted by Crippen LogP contribution is 2.41. The van der Waals surface area contributed by atoms with Crippen LogP contribution in [0.15, 0.2) is 51.2 Å². The van der Waals surface area contributed by atoms with Gasteiger partial charge in [-0.3, -0.25) is 9.79 Å². The summed E-state index contributed by atoms with van der Waals surface area (Å²) >= 11 is 1.72. The number of ether oxygens (including phenoxy) is 1. The van der Waals surface area contributed by atoms with Gasteiger partial charge in [-0.25, -0.2) is 0 Å². The fourth-order valence-electron chi connectivity index (χ4n) is 3.50. The number of hydrogen-bond donors (Lipinski definition) is 1. The zero-order valence-electron chi connectivity index (χ0n) is 15.7. The maximum atomic E-state index is 12.6. The third-order valence-corrected chi connectivity index (χ3v) is 6.13. The fourth-order valence-corrected chi connectivity index (χ4v) is 4.50. The number of aliphatic imine (C=N–C) groups is 1. The predicted octanol–water partition coefficient (Wildman–Crippen LogP) is 4.90. The number of carbonyl (C=O) groups is 1. The van der Waals surface area contributed by atoms with Crippen molar-refractivity contribution < 1.29 is 9.53 Å². The van der Waals surface area contributed by atoms with E-state index in [4.69, 9.17) is 9.73 Å². The summed E-state index contributed by atoms with van der Waals surface area (Å²) in [6, 6.07) is 12.3. The minimum Gasteiger partial charge on any atom is -0.376 e. The molecule has 5 heteroatoms. The molecule has 2 aromatic carbocycles. The monoisotopic (exact) mass is 380 g/mol. The average Bonchev–Trinajstić information content (AvgIpc) is 3.14. The zero-order chi connectivity index (χ0) is 18.8. The Morgan fingerprint density at radius 3 is 2.89 bits per heavy atom. The first-order valence-electron chi connectivity index (χ1n) is 9.54. The number of hydrogen-bond acceptors (Lipinski definition) is 4. The molecule has 2 aliphatic heterocycles. The third-order valence-electron chi connectivity index (χ3n) is 4.99. The summed E-state index contributed by atoms with van der Waals surface area (Å²) in [6.07, 6.45) is 3.09. The molecule has 2 aliphatic rings. The van der Waals surface area contributed by atoms with Gasteiger partial charge >= 0.3 is 0 Å². The molecule has 0 saturated carbocycles. The number of nitrogens with zero attached hydrogens (tertiary/aromatic N) is 1. The van der Waals surface area contributed by atoms with E-state index >= 15 is 0 Å². The van der Waals surface area contributed by atoms with Crippen LogP contribution in [-0.4, -0.2) is 30.9 Å². The van der Waals surface area contributed by atoms with Gasteiger partial charge in [0.2, 0.25) is 0 Å². The lowest BCUT2D eigenvalue weighted by Crippen LogP contribution is -2.31. The van der Waals surface area contributed by atoms with Crippen LogP contribution >= 0.6 is 11.8 Å². The molecule has 140 valence electrons. The quantitative estimate of drug-likeness (QED) is 0.821. The number of nitrogens with one attached hydrogen (secondary N) is 1. The van der Waals surface area contributed by atoms with Crippen molar-refractivity contribution in [2.24, 2.45) is 4.99 Å². The van der Waals surface area contributed by atoms with E-state index in [1.54, 1.807) is 11.8 Å². The molecule has 2 aromatic rings. The van der Waals surface area contributed by atoms with Gasteiger partial charge < -0.3 is 10.1 Å². The van der Waals surface area contributed by atoms with Crippen LogP contribution in [-0.2, 0) is 4.74 Å². The molecule has 0 unspecified atom stereocenters. The van der Waals surface area contributed by atoms with Crippen LogP contribution in [0.3, 0.4) is 0 Å². The molecular weight excluding hydrogens is 356 g/mol. The molecule has 4 rings (SSSR count). The number of rotatable bonds is 4. The Kier molecular flexibility index (Phi) is 5.32. The van der Waals surface area contributed by atoms with E-state index in [-0.39, 0.29) is 12.0 Å². The van der Waals surface area contributed by atoms with E-state index < -0.39 is 0 Å². The molecule has 0 aromatic heterocycles. The van der Waals surface area contributed by atoms with Crippen LogP contribution in [0.5, 0.6) is 0 Å². The predicted molar refractivity (Wildman–Crippen MR) is 110 cm³/mol. The first-order chi connectivity index (χ1) is 13.1. The molecule has 0 aliphatic carbocycles. The highest BCUT2D eigenvalue weighted by molar-refractivity contribution is 7.99. The maximum Gasteiger partial charge on any atom is 0.251 e. The molecule has 1 saturated heterocycles. The van der Waals surface area contributed by atoms with Crippen LogP contribution in [0.2, 0.25) is 0 Å². The fraction of sp³-hybridized carbons (Fsp3) is 0.364. The molecule has 1 fully saturated rings. The second-order valence-corrected chi connectivity index (χ2v) is 8.13. The van der Waals surface area contributed by atoms with Crippen molar-refractivity contribution in [3.8, 4) is 0 Å². The van der Waals surface area contributed by atoms with Crippen molar-refractivity contribution in [1.29, 1.82) is 0 Å². The minimum atomic E-state index is -0.0656. The van der Waals surface area contributed by atoms with E-state index in [2.05, 4.69) is 37.4 Å². The van der Waals surface area contributed by atoms with Gasteiger partial charge in [0.1, 0.15) is 0 Å². The number of benzene rings is 2. The van der Waals surface area contributed by atoms with Crippen LogP contribution < -0.4 is 5.32 Å². The lowest BCUT2D eigenvalue weighted by molar-refractivity contribution is 0.0858. The highest BCUT2D eigenvalue weighted by Gasteiger charge is 2.20. The van der Waals surface area contributed by atoms with E-state index in [1.807, 2.05) is 18.2 Å². The second kappa shape index (κ2) is 7.87. The molecular formula is C22H24N2O2S. The number of aryl methyl sites for hydroxylation is 1. The Morgan fingerprint density at radius 2 is 2.11 bits per heavy atom. The lowest BCUT2D eigenvalue weighted by atomic mass is 10.0. The van der Waals surface area contributed by atoms with Gasteiger partial charge in [0, 0.05) is 39.8 Å². The van der Waals surface area contributed by atoms with Crippen molar-refractivity contribution in [3.63, 3.8) is 0 Å². The van der Waals surface area contributed by atoms with E-state index in [0.717, 1.165) is 42.2 Å². The zero-order valence-corrected chi connectivity index (χ0v) is 16.6. The van der Waals surface area contributed by atoms with Crippen LogP contribution in [0, 0.1) is 6.92 Å². The summed E-state index contributed by atoms with van der Waals surface area (Å²) in [4.78, 5) is 19.8. The number of fused-ring (bicyclic) bond motifs is 2. The normalized spacial score (nSPS) is 18.3. The lowest BCUT2D eigenvalue weighted by Gasteiger charge is -2.11. The maximum absolute atomic E-state index is 12.6. The average molecular weight is 381 g/mol. The molecule has 0 radical (unpaired) electrons. The molecule has 2 heterocycles. The van der Waals surface area contributed by atoms with Crippen molar-refractivity contribution >= 4 is 29.1 Å². The Labute approximate surface area is 164 Å². The summed E-state index contributed by atoms with van der Waals surface area (Å²) in [5.74, 6) is -0.0656. The summed E-state index contributed by atoms with van der Waals surface area (Å²) in [6.45, 7) is 5.59. The Balaban J connectivity index is 1.60. The van der Waals surface area contributed by atoms with E-state index in [9.17, 15) is 4.79 Å². The van der Waals surface area contributed by atoms with Crippen molar-refractivity contribution in [2.45, 2.75) is 49.0 Å². The standard InChI is InChI=1S/C22H24N2O2S/c1-3-18-17-11-14(2)6-8-20(17)27-21-9-7-15(12-19(21)24-18)22(25)23-13-16-5-4-10-26-16/h6-9,11-12,16H,3-5,10,13H2,1-2H3,(H,23,25)/t16-/m0/s1. The topological polar surface area (TPSA) is 50.7 Å². The molecule has 1 amide bonds. The second-order valence-electron chi connectivity index (χ2n) is 7.04. The SMILES string of the molecule is CCC1=Nc2cc(C(=O)NC[C@@H]3CCCO3)ccc2Sc2ccc(C)cc21. The van der Waals surface area contributed by atoms with Gasteiger partial charge in [0.25, 0.3) is 5.91 Å². The number of carbonyl (C=O) groups excluding carboxylic acids is 1. The van der Waals surface area contributed by atoms with Crippen LogP contribution in [0.4, 0.5) is 5.69 Å². The van der Waals surface area contributed by atoms with Gasteiger partial charge in [-0.15, -0.1) is 0 Å². The molecule has 0 spiro atoms. The minimum absolute atomic E-state index is 0.0656. The summed E-state index contributed by atoms with van der Waals surface area (Å²) in [5.41, 5.74) is 5.01. The van der Waals surface area contributed by atoms with Gasteiger partial charge in [-0.2, -0.15) is 0 Å². The third kappa shape index (κ3) is 3.94. The van der Waals surface area contributed by atoms with Crippen LogP contribution in [0.1, 0.15) is 47.7 Å². The van der Waals surface area contributed by atoms with Crippen LogP contribution in [0.25, 0.3) is 0 Å². The molecule has 0 bridgehead atoms. The Hall–Kier alpha value is -2.11. The summed E-state index contributed by atoms with van der Waals surface area (Å²) in [7, 11) is 0. The van der Waals surface area contributed by atoms with Gasteiger partial charge in [-0.1, -0.05) is 30.3 Å². The molecule has 1 atom stereocenters. The number of amides is 1. The smallest absolute Gasteiger partial charge is 0.251 e. The van der Waals surface area contributed by atoms with Crippen molar-refractivity contribution in [2.75, 3.05) is 13.2 Å². The van der Waals surface area contributed by atoms with Crippen molar-refractivity contribution in [1.82, 2.24) is 5.32 Å². The molecule has 1 N–H and O–H groups in total. The molecule has 27 heavy (non-hydrogen) atoms. The van der Waals surface area contributed by atoms with Gasteiger partial charge in [-0.05, 0) is 56.5 Å². The molecule has 4 nitrogen and oxygen atoms in total. The van der Waals surface area contributed by atoms with Gasteiger partial charge in [0.05, 0.1) is 11.8 Å². The Morgan fingerprint density at radius 1 is 1.26 bits per heavy atom. The van der Waals surface area contributed by atoms with Crippen molar-refractivity contribution in [3.05, 3.63) is 53.1 Å². The van der Waals surface area contributed by atoms with Gasteiger partial charge in [0.15, 0.2) is 0 Å². The van der Waals surface area contributed by atoms with E-state index in [1.165, 1.54) is 16.0 Å². The first kappa shape index (κ1) is 18.3. The largest absolute Gasteiger partial charge is 0.376 e. The highest BCUT2D eigenvalue weighted by atomic mass is 32.2. The first-order valence-corrected chi connectivity index (χ1v) is 10.4. The van der Waals surface area contributed by atoms with E-state index in [0.29, 0.717) is 12.1 Å². The Bertz CT molecular complexity index is 901. The summed E-state index contributed by atoms with van der Waals surface area (Å²) in [5, 5.41) is 2.99. The summed E-state index contributed by atoms with van der Waals surface area (Å²) < 4.78 is 5.58.